The molecular formula is C26H39N5O. The second kappa shape index (κ2) is 8.20. The van der Waals surface area contributed by atoms with Gasteiger partial charge in [-0.3, -0.25) is 9.13 Å². The van der Waals surface area contributed by atoms with Crippen molar-refractivity contribution in [2.75, 3.05) is 5.73 Å². The van der Waals surface area contributed by atoms with Crippen molar-refractivity contribution >= 4 is 17.0 Å². The number of aromatic nitrogens is 4. The first kappa shape index (κ1) is 22.8. The molecule has 2 heterocycles. The lowest BCUT2D eigenvalue weighted by atomic mass is 9.47. The van der Waals surface area contributed by atoms with Crippen LogP contribution in [0.5, 0.6) is 0 Å². The van der Waals surface area contributed by atoms with Crippen molar-refractivity contribution in [3.8, 4) is 0 Å². The molecule has 0 bridgehead atoms. The summed E-state index contributed by atoms with van der Waals surface area (Å²) >= 11 is 0. The summed E-state index contributed by atoms with van der Waals surface area (Å²) in [5.74, 6) is 1.83. The fourth-order valence-corrected chi connectivity index (χ4v) is 6.57. The zero-order chi connectivity index (χ0) is 23.3. The number of hydrogen-bond acceptors (Lipinski definition) is 4. The molecule has 4 rings (SSSR count). The van der Waals surface area contributed by atoms with E-state index in [-0.39, 0.29) is 5.69 Å². The molecule has 174 valence electrons. The van der Waals surface area contributed by atoms with Crippen molar-refractivity contribution in [3.63, 3.8) is 0 Å². The lowest BCUT2D eigenvalue weighted by molar-refractivity contribution is -0.0466. The summed E-state index contributed by atoms with van der Waals surface area (Å²) in [6.45, 7) is 12.6. The van der Waals surface area contributed by atoms with E-state index in [1.54, 1.807) is 21.8 Å². The highest BCUT2D eigenvalue weighted by atomic mass is 16.1. The van der Waals surface area contributed by atoms with E-state index >= 15 is 0 Å². The molecule has 2 aliphatic rings. The predicted octanol–water partition coefficient (Wildman–Crippen LogP) is 5.24. The van der Waals surface area contributed by atoms with E-state index in [1.165, 1.54) is 44.0 Å². The van der Waals surface area contributed by atoms with Gasteiger partial charge in [0, 0.05) is 13.6 Å². The summed E-state index contributed by atoms with van der Waals surface area (Å²) in [6, 6.07) is 0. The summed E-state index contributed by atoms with van der Waals surface area (Å²) in [4.78, 5) is 21.1. The Kier molecular flexibility index (Phi) is 5.84. The van der Waals surface area contributed by atoms with Crippen molar-refractivity contribution < 1.29 is 0 Å². The minimum Gasteiger partial charge on any atom is -0.382 e. The SMILES string of the molecule is CC1=CCC[C@@H]2[C@@](C)(CC/C(C)=C/Cn3c(=O)n(C)c4ncnc(N)c43)[C@H](C)CC[C@@]12C. The molecule has 4 atom stereocenters. The van der Waals surface area contributed by atoms with Gasteiger partial charge < -0.3 is 5.73 Å². The largest absolute Gasteiger partial charge is 0.382 e. The summed E-state index contributed by atoms with van der Waals surface area (Å²) in [7, 11) is 1.73. The van der Waals surface area contributed by atoms with E-state index in [0.29, 0.717) is 34.4 Å². The average Bonchev–Trinajstić information content (AvgIpc) is 3.01. The van der Waals surface area contributed by atoms with E-state index in [2.05, 4.69) is 56.7 Å². The topological polar surface area (TPSA) is 78.7 Å². The average molecular weight is 438 g/mol. The number of nitrogens with zero attached hydrogens (tertiary/aromatic N) is 4. The van der Waals surface area contributed by atoms with Crippen LogP contribution in [0.15, 0.2) is 34.4 Å². The molecule has 0 radical (unpaired) electrons. The molecular weight excluding hydrogens is 398 g/mol. The van der Waals surface area contributed by atoms with Gasteiger partial charge in [-0.05, 0) is 75.0 Å². The van der Waals surface area contributed by atoms with Crippen LogP contribution >= 0.6 is 0 Å². The number of aryl methyl sites for hydroxylation is 1. The van der Waals surface area contributed by atoms with E-state index in [0.717, 1.165) is 18.3 Å². The second-order valence-corrected chi connectivity index (χ2v) is 10.8. The molecule has 0 spiro atoms. The van der Waals surface area contributed by atoms with Crippen LogP contribution in [-0.4, -0.2) is 19.1 Å². The van der Waals surface area contributed by atoms with Crippen LogP contribution in [0.3, 0.4) is 0 Å². The van der Waals surface area contributed by atoms with E-state index in [9.17, 15) is 4.79 Å². The van der Waals surface area contributed by atoms with Gasteiger partial charge in [0.1, 0.15) is 11.8 Å². The van der Waals surface area contributed by atoms with Crippen LogP contribution in [0.1, 0.15) is 73.1 Å². The summed E-state index contributed by atoms with van der Waals surface area (Å²) in [5, 5.41) is 0. The molecule has 6 heteroatoms. The maximum absolute atomic E-state index is 12.7. The van der Waals surface area contributed by atoms with Crippen LogP contribution in [0, 0.1) is 22.7 Å². The van der Waals surface area contributed by atoms with Gasteiger partial charge in [0.15, 0.2) is 11.5 Å². The number of imidazole rings is 1. The Morgan fingerprint density at radius 1 is 1.31 bits per heavy atom. The van der Waals surface area contributed by atoms with Crippen molar-refractivity contribution in [2.24, 2.45) is 29.7 Å². The molecule has 32 heavy (non-hydrogen) atoms. The first-order valence-electron chi connectivity index (χ1n) is 12.1. The Bertz CT molecular complexity index is 1140. The van der Waals surface area contributed by atoms with Crippen LogP contribution in [0.4, 0.5) is 5.82 Å². The fourth-order valence-electron chi connectivity index (χ4n) is 6.57. The summed E-state index contributed by atoms with van der Waals surface area (Å²) < 4.78 is 3.23. The highest BCUT2D eigenvalue weighted by Gasteiger charge is 2.52. The quantitative estimate of drug-likeness (QED) is 0.649. The lowest BCUT2D eigenvalue weighted by Crippen LogP contribution is -2.49. The third-order valence-electron chi connectivity index (χ3n) is 9.21. The van der Waals surface area contributed by atoms with Crippen molar-refractivity contribution in [1.29, 1.82) is 0 Å². The second-order valence-electron chi connectivity index (χ2n) is 10.8. The third kappa shape index (κ3) is 3.52. The minimum absolute atomic E-state index is 0.107. The Morgan fingerprint density at radius 2 is 2.06 bits per heavy atom. The zero-order valence-electron chi connectivity index (χ0n) is 20.6. The Hall–Kier alpha value is -2.37. The molecule has 0 saturated heterocycles. The zero-order valence-corrected chi connectivity index (χ0v) is 20.6. The van der Waals surface area contributed by atoms with Gasteiger partial charge in [-0.25, -0.2) is 14.8 Å². The molecule has 0 unspecified atom stereocenters. The van der Waals surface area contributed by atoms with E-state index in [4.69, 9.17) is 5.73 Å². The third-order valence-corrected chi connectivity index (χ3v) is 9.21. The van der Waals surface area contributed by atoms with Gasteiger partial charge in [0.05, 0.1) is 0 Å². The molecule has 6 nitrogen and oxygen atoms in total. The van der Waals surface area contributed by atoms with Crippen LogP contribution < -0.4 is 11.4 Å². The molecule has 0 aliphatic heterocycles. The first-order chi connectivity index (χ1) is 15.1. The van der Waals surface area contributed by atoms with Crippen molar-refractivity contribution in [3.05, 3.63) is 40.1 Å². The fraction of sp³-hybridized carbons (Fsp3) is 0.654. The van der Waals surface area contributed by atoms with Gasteiger partial charge in [-0.1, -0.05) is 44.1 Å². The van der Waals surface area contributed by atoms with E-state index in [1.807, 2.05) is 0 Å². The molecule has 2 aromatic rings. The lowest BCUT2D eigenvalue weighted by Gasteiger charge is -2.58. The standard InChI is InChI=1S/C26H39N5O/c1-17(12-15-31-21-22(27)28-16-29-23(21)30(6)24(31)32)10-13-25(4)19(3)11-14-26(5)18(2)8-7-9-20(25)26/h8,12,16,19-20H,7,9-11,13-15H2,1-6H3,(H2,27,28,29)/b17-12+/t19-,20-,25+,26+/m1/s1. The molecule has 2 aliphatic carbocycles. The summed E-state index contributed by atoms with van der Waals surface area (Å²) in [6.07, 6.45) is 13.5. The van der Waals surface area contributed by atoms with Crippen molar-refractivity contribution in [2.45, 2.75) is 79.7 Å². The monoisotopic (exact) mass is 437 g/mol. The Morgan fingerprint density at radius 3 is 2.81 bits per heavy atom. The van der Waals surface area contributed by atoms with Gasteiger partial charge in [0.25, 0.3) is 0 Å². The van der Waals surface area contributed by atoms with Crippen LogP contribution in [0.25, 0.3) is 11.2 Å². The number of hydrogen-bond donors (Lipinski definition) is 1. The number of fused-ring (bicyclic) bond motifs is 2. The molecule has 1 saturated carbocycles. The van der Waals surface area contributed by atoms with Crippen molar-refractivity contribution in [1.82, 2.24) is 19.1 Å². The highest BCUT2D eigenvalue weighted by Crippen LogP contribution is 2.61. The normalized spacial score (nSPS) is 30.9. The number of anilines is 1. The van der Waals surface area contributed by atoms with Crippen LogP contribution in [-0.2, 0) is 13.6 Å². The highest BCUT2D eigenvalue weighted by molar-refractivity contribution is 5.82. The van der Waals surface area contributed by atoms with Gasteiger partial charge >= 0.3 is 5.69 Å². The number of nitrogens with two attached hydrogens (primary N) is 1. The molecule has 1 fully saturated rings. The molecule has 2 N–H and O–H groups in total. The predicted molar refractivity (Wildman–Crippen MR) is 131 cm³/mol. The van der Waals surface area contributed by atoms with Gasteiger partial charge in [-0.15, -0.1) is 0 Å². The number of rotatable bonds is 5. The maximum atomic E-state index is 12.7. The Labute approximate surface area is 191 Å². The Balaban J connectivity index is 1.53. The summed E-state index contributed by atoms with van der Waals surface area (Å²) in [5.41, 5.74) is 10.8. The molecule has 2 aromatic heterocycles. The minimum atomic E-state index is -0.107. The first-order valence-corrected chi connectivity index (χ1v) is 12.1. The van der Waals surface area contributed by atoms with Gasteiger partial charge in [-0.2, -0.15) is 0 Å². The smallest absolute Gasteiger partial charge is 0.330 e. The van der Waals surface area contributed by atoms with Crippen LogP contribution in [0.2, 0.25) is 0 Å². The molecule has 0 aromatic carbocycles. The molecule has 0 amide bonds. The number of allylic oxidation sites excluding steroid dienone is 4. The van der Waals surface area contributed by atoms with Gasteiger partial charge in [0.2, 0.25) is 0 Å². The van der Waals surface area contributed by atoms with E-state index < -0.39 is 0 Å². The maximum Gasteiger partial charge on any atom is 0.330 e. The number of nitrogen functional groups attached to an aromatic ring is 1.